The van der Waals surface area contributed by atoms with Crippen LogP contribution in [-0.4, -0.2) is 48.7 Å². The van der Waals surface area contributed by atoms with Crippen molar-refractivity contribution in [2.45, 2.75) is 0 Å². The maximum absolute atomic E-state index is 12.5. The van der Waals surface area contributed by atoms with Crippen LogP contribution in [0.4, 0.5) is 5.69 Å². The van der Waals surface area contributed by atoms with Crippen LogP contribution >= 0.6 is 12.2 Å². The Balaban J connectivity index is 1.89. The molecule has 0 aliphatic rings. The molecule has 0 aliphatic carbocycles. The average molecular weight is 420 g/mol. The number of thiocarbonyl (C=S) groups is 1. The first-order valence-electron chi connectivity index (χ1n) is 7.96. The van der Waals surface area contributed by atoms with Gasteiger partial charge in [-0.2, -0.15) is 13.4 Å². The van der Waals surface area contributed by atoms with Crippen molar-refractivity contribution in [3.05, 3.63) is 59.7 Å². The van der Waals surface area contributed by atoms with Crippen LogP contribution in [0.15, 0.2) is 53.5 Å². The first-order chi connectivity index (χ1) is 13.3. The maximum Gasteiger partial charge on any atom is 0.266 e. The molecular weight excluding hydrogens is 404 g/mol. The molecule has 0 atom stereocenters. The highest BCUT2D eigenvalue weighted by atomic mass is 32.2. The second-order valence-corrected chi connectivity index (χ2v) is 7.28. The van der Waals surface area contributed by atoms with Crippen LogP contribution in [0.5, 0.6) is 5.75 Å². The van der Waals surface area contributed by atoms with Gasteiger partial charge >= 0.3 is 0 Å². The molecule has 0 heterocycles. The fourth-order valence-electron chi connectivity index (χ4n) is 2.13. The van der Waals surface area contributed by atoms with Crippen LogP contribution in [-0.2, 0) is 14.9 Å². The van der Waals surface area contributed by atoms with Gasteiger partial charge in [0.05, 0.1) is 16.6 Å². The molecule has 0 aromatic heterocycles. The summed E-state index contributed by atoms with van der Waals surface area (Å²) < 4.78 is 35.0. The number of carbonyl (C=O) groups is 2. The summed E-state index contributed by atoms with van der Waals surface area (Å²) in [6.07, 6.45) is 0. The molecule has 28 heavy (non-hydrogen) atoms. The summed E-state index contributed by atoms with van der Waals surface area (Å²) in [5.41, 5.74) is 1.52. The lowest BCUT2D eigenvalue weighted by Crippen LogP contribution is -2.32. The van der Waals surface area contributed by atoms with Crippen LogP contribution < -0.4 is 10.1 Å². The van der Waals surface area contributed by atoms with E-state index in [1.54, 1.807) is 48.5 Å². The first-order valence-corrected chi connectivity index (χ1v) is 9.97. The number of ketones is 1. The quantitative estimate of drug-likeness (QED) is 0.275. The number of nitrogens with one attached hydrogen (secondary N) is 1. The Morgan fingerprint density at radius 3 is 2.18 bits per heavy atom. The fraction of sp³-hybridized carbons (Fsp3) is 0.167. The number of benzene rings is 2. The zero-order valence-electron chi connectivity index (χ0n) is 14.5. The van der Waals surface area contributed by atoms with Crippen molar-refractivity contribution < 1.29 is 27.3 Å². The molecule has 1 amide bonds. The summed E-state index contributed by atoms with van der Waals surface area (Å²) >= 11 is 4.53. The summed E-state index contributed by atoms with van der Waals surface area (Å²) in [7, 11) is -4.13. The van der Waals surface area contributed by atoms with Gasteiger partial charge in [-0.05, 0) is 60.7 Å². The van der Waals surface area contributed by atoms with E-state index in [0.717, 1.165) is 0 Å². The van der Waals surface area contributed by atoms with Crippen molar-refractivity contribution in [3.63, 3.8) is 0 Å². The zero-order valence-corrected chi connectivity index (χ0v) is 16.1. The zero-order chi connectivity index (χ0) is 20.6. The van der Waals surface area contributed by atoms with E-state index in [1.807, 2.05) is 0 Å². The van der Waals surface area contributed by atoms with Crippen molar-refractivity contribution in [1.29, 1.82) is 0 Å². The number of aliphatic imine (C=N–C) groups is 1. The number of carbonyl (C=O) groups excluding carboxylic acids is 2. The predicted molar refractivity (Wildman–Crippen MR) is 106 cm³/mol. The van der Waals surface area contributed by atoms with Crippen LogP contribution in [0.3, 0.4) is 0 Å². The molecule has 8 nitrogen and oxygen atoms in total. The third kappa shape index (κ3) is 7.01. The molecule has 2 aromatic rings. The van der Waals surface area contributed by atoms with E-state index >= 15 is 0 Å². The Morgan fingerprint density at radius 2 is 1.64 bits per heavy atom. The van der Waals surface area contributed by atoms with Crippen molar-refractivity contribution in [1.82, 2.24) is 5.32 Å². The topological polar surface area (TPSA) is 122 Å². The molecule has 2 rings (SSSR count). The number of hydrogen-bond donors (Lipinski definition) is 2. The van der Waals surface area contributed by atoms with Crippen LogP contribution in [0.1, 0.15) is 15.9 Å². The third-order valence-corrected chi connectivity index (χ3v) is 4.28. The SMILES string of the molecule is O=C(COc1ccc(C(=O)c2ccc(N=C=S)cc2)cc1)NCCS(=O)(=O)O. The van der Waals surface area contributed by atoms with Crippen LogP contribution in [0.2, 0.25) is 0 Å². The minimum Gasteiger partial charge on any atom is -0.484 e. The van der Waals surface area contributed by atoms with E-state index < -0.39 is 21.8 Å². The highest BCUT2D eigenvalue weighted by Gasteiger charge is 2.10. The summed E-state index contributed by atoms with van der Waals surface area (Å²) in [5.74, 6) is -0.934. The van der Waals surface area contributed by atoms with Gasteiger partial charge in [-0.25, -0.2) is 0 Å². The van der Waals surface area contributed by atoms with Gasteiger partial charge < -0.3 is 10.1 Å². The van der Waals surface area contributed by atoms with E-state index in [-0.39, 0.29) is 18.9 Å². The fourth-order valence-corrected chi connectivity index (χ4v) is 2.59. The van der Waals surface area contributed by atoms with E-state index in [2.05, 4.69) is 27.7 Å². The molecule has 146 valence electrons. The average Bonchev–Trinajstić information content (AvgIpc) is 2.66. The highest BCUT2D eigenvalue weighted by Crippen LogP contribution is 2.18. The minimum atomic E-state index is -4.13. The van der Waals surface area contributed by atoms with Gasteiger partial charge in [-0.3, -0.25) is 14.1 Å². The molecule has 0 bridgehead atoms. The largest absolute Gasteiger partial charge is 0.484 e. The van der Waals surface area contributed by atoms with Crippen molar-refractivity contribution in [3.8, 4) is 5.75 Å². The normalized spacial score (nSPS) is 10.6. The highest BCUT2D eigenvalue weighted by molar-refractivity contribution is 7.85. The standard InChI is InChI=1S/C18H16N2O6S2/c21-17(19-9-10-28(23,24)25)11-26-16-7-3-14(4-8-16)18(22)13-1-5-15(6-2-13)20-12-27/h1-8H,9-11H2,(H,19,21)(H,23,24,25). The van der Waals surface area contributed by atoms with Crippen molar-refractivity contribution >= 4 is 44.9 Å². The number of ether oxygens (including phenoxy) is 1. The van der Waals surface area contributed by atoms with E-state index in [9.17, 15) is 18.0 Å². The number of nitrogens with zero attached hydrogens (tertiary/aromatic N) is 1. The summed E-state index contributed by atoms with van der Waals surface area (Å²) in [4.78, 5) is 27.8. The molecule has 0 radical (unpaired) electrons. The van der Waals surface area contributed by atoms with Crippen LogP contribution in [0, 0.1) is 0 Å². The molecule has 0 aliphatic heterocycles. The summed E-state index contributed by atoms with van der Waals surface area (Å²) in [6, 6.07) is 12.8. The van der Waals surface area contributed by atoms with Gasteiger partial charge in [0.2, 0.25) is 0 Å². The molecular formula is C18H16N2O6S2. The van der Waals surface area contributed by atoms with Gasteiger partial charge in [-0.1, -0.05) is 0 Å². The minimum absolute atomic E-state index is 0.188. The lowest BCUT2D eigenvalue weighted by molar-refractivity contribution is -0.122. The van der Waals surface area contributed by atoms with E-state index in [4.69, 9.17) is 9.29 Å². The summed E-state index contributed by atoms with van der Waals surface area (Å²) in [5, 5.41) is 4.55. The monoisotopic (exact) mass is 420 g/mol. The number of hydrogen-bond acceptors (Lipinski definition) is 7. The second kappa shape index (κ2) is 9.86. The molecule has 0 spiro atoms. The Labute approximate surface area is 167 Å². The second-order valence-electron chi connectivity index (χ2n) is 5.53. The number of isothiocyanates is 1. The Bertz CT molecular complexity index is 995. The van der Waals surface area contributed by atoms with Crippen LogP contribution in [0.25, 0.3) is 0 Å². The van der Waals surface area contributed by atoms with Gasteiger partial charge in [0.25, 0.3) is 16.0 Å². The molecule has 10 heteroatoms. The van der Waals surface area contributed by atoms with Gasteiger partial charge in [0.15, 0.2) is 12.4 Å². The molecule has 0 saturated carbocycles. The Kier molecular flexibility index (Phi) is 7.53. The Hall–Kier alpha value is -2.91. The third-order valence-electron chi connectivity index (χ3n) is 3.47. The van der Waals surface area contributed by atoms with Gasteiger partial charge in [0.1, 0.15) is 5.75 Å². The van der Waals surface area contributed by atoms with E-state index in [0.29, 0.717) is 22.6 Å². The molecule has 0 fully saturated rings. The maximum atomic E-state index is 12.5. The predicted octanol–water partition coefficient (Wildman–Crippen LogP) is 2.03. The first kappa shape index (κ1) is 21.4. The van der Waals surface area contributed by atoms with Crippen molar-refractivity contribution in [2.75, 3.05) is 18.9 Å². The summed E-state index contributed by atoms with van der Waals surface area (Å²) in [6.45, 7) is -0.552. The van der Waals surface area contributed by atoms with E-state index in [1.165, 1.54) is 0 Å². The smallest absolute Gasteiger partial charge is 0.266 e. The lowest BCUT2D eigenvalue weighted by Gasteiger charge is -2.08. The molecule has 0 saturated heterocycles. The molecule has 2 N–H and O–H groups in total. The van der Waals surface area contributed by atoms with Crippen molar-refractivity contribution in [2.24, 2.45) is 4.99 Å². The molecule has 2 aromatic carbocycles. The molecule has 0 unspecified atom stereocenters. The number of amides is 1. The number of rotatable bonds is 9. The lowest BCUT2D eigenvalue weighted by atomic mass is 10.0. The Morgan fingerprint density at radius 1 is 1.07 bits per heavy atom. The van der Waals surface area contributed by atoms with Gasteiger partial charge in [-0.15, -0.1) is 0 Å². The van der Waals surface area contributed by atoms with Gasteiger partial charge in [0, 0.05) is 17.7 Å².